The number of aryl methyl sites for hydroxylation is 2. The van der Waals surface area contributed by atoms with E-state index >= 15 is 0 Å². The van der Waals surface area contributed by atoms with Crippen LogP contribution >= 0.6 is 7.60 Å². The average Bonchev–Trinajstić information content (AvgIpc) is 2.70. The van der Waals surface area contributed by atoms with Gasteiger partial charge in [-0.05, 0) is 57.2 Å². The maximum absolute atomic E-state index is 13.5. The Bertz CT molecular complexity index is 772. The Labute approximate surface area is 175 Å². The van der Waals surface area contributed by atoms with E-state index in [0.717, 1.165) is 5.56 Å². The molecule has 5 nitrogen and oxygen atoms in total. The molecule has 0 saturated heterocycles. The Morgan fingerprint density at radius 2 is 1.69 bits per heavy atom. The summed E-state index contributed by atoms with van der Waals surface area (Å²) >= 11 is 0. The van der Waals surface area contributed by atoms with Gasteiger partial charge in [-0.25, -0.2) is 5.48 Å². The number of hydrogen-bond acceptors (Lipinski definition) is 5. The van der Waals surface area contributed by atoms with Crippen molar-refractivity contribution in [3.05, 3.63) is 70.8 Å². The third-order valence-electron chi connectivity index (χ3n) is 4.79. The average molecular weight is 420 g/mol. The fraction of sp³-hybridized carbons (Fsp3) is 0.478. The van der Waals surface area contributed by atoms with Crippen LogP contribution in [0, 0.1) is 13.8 Å². The van der Waals surface area contributed by atoms with Crippen LogP contribution < -0.4 is 5.48 Å². The maximum Gasteiger partial charge on any atom is 0.334 e. The summed E-state index contributed by atoms with van der Waals surface area (Å²) in [5.74, 6) is 0. The summed E-state index contributed by atoms with van der Waals surface area (Å²) in [7, 11) is -3.23. The molecule has 2 aromatic carbocycles. The fourth-order valence-electron chi connectivity index (χ4n) is 3.26. The Balaban J connectivity index is 2.03. The first kappa shape index (κ1) is 23.8. The van der Waals surface area contributed by atoms with Gasteiger partial charge in [0.15, 0.2) is 0 Å². The van der Waals surface area contributed by atoms with Crippen LogP contribution in [0.25, 0.3) is 0 Å². The molecule has 0 aliphatic rings. The van der Waals surface area contributed by atoms with Crippen LogP contribution in [0.5, 0.6) is 0 Å². The van der Waals surface area contributed by atoms with Crippen LogP contribution in [-0.4, -0.2) is 25.4 Å². The summed E-state index contributed by atoms with van der Waals surface area (Å²) in [5.41, 5.74) is 7.42. The number of hydrogen-bond donors (Lipinski definition) is 1. The van der Waals surface area contributed by atoms with E-state index < -0.39 is 7.60 Å². The highest BCUT2D eigenvalue weighted by Crippen LogP contribution is 2.55. The molecule has 0 aliphatic carbocycles. The van der Waals surface area contributed by atoms with Gasteiger partial charge < -0.3 is 9.05 Å². The van der Waals surface area contributed by atoms with E-state index in [1.165, 1.54) is 16.7 Å². The van der Waals surface area contributed by atoms with Crippen LogP contribution in [0.15, 0.2) is 48.5 Å². The SMILES string of the molecule is CCOP(=O)(OCC)C(CCNOCc1ccccc1)Cc1cc(C)ccc1C. The Morgan fingerprint density at radius 1 is 1.00 bits per heavy atom. The summed E-state index contributed by atoms with van der Waals surface area (Å²) in [6.45, 7) is 9.62. The molecule has 0 aromatic heterocycles. The lowest BCUT2D eigenvalue weighted by atomic mass is 10.0. The lowest BCUT2D eigenvalue weighted by Crippen LogP contribution is -2.24. The Hall–Kier alpha value is -1.49. The van der Waals surface area contributed by atoms with Gasteiger partial charge in [-0.1, -0.05) is 54.1 Å². The number of rotatable bonds is 13. The van der Waals surface area contributed by atoms with Gasteiger partial charge in [-0.15, -0.1) is 0 Å². The van der Waals surface area contributed by atoms with Gasteiger partial charge in [0.05, 0.1) is 25.5 Å². The minimum atomic E-state index is -3.23. The van der Waals surface area contributed by atoms with Gasteiger partial charge in [0.1, 0.15) is 0 Å². The van der Waals surface area contributed by atoms with Gasteiger partial charge in [-0.3, -0.25) is 9.40 Å². The summed E-state index contributed by atoms with van der Waals surface area (Å²) in [4.78, 5) is 5.57. The van der Waals surface area contributed by atoms with Crippen molar-refractivity contribution in [3.8, 4) is 0 Å². The lowest BCUT2D eigenvalue weighted by Gasteiger charge is -2.27. The van der Waals surface area contributed by atoms with Crippen molar-refractivity contribution >= 4 is 7.60 Å². The third-order valence-corrected chi connectivity index (χ3v) is 7.36. The predicted octanol–water partition coefficient (Wildman–Crippen LogP) is 5.59. The van der Waals surface area contributed by atoms with Gasteiger partial charge in [0, 0.05) is 6.54 Å². The molecule has 1 N–H and O–H groups in total. The van der Waals surface area contributed by atoms with E-state index in [-0.39, 0.29) is 5.66 Å². The first-order valence-corrected chi connectivity index (χ1v) is 11.9. The summed E-state index contributed by atoms with van der Waals surface area (Å²) in [6.07, 6.45) is 1.27. The van der Waals surface area contributed by atoms with E-state index in [2.05, 4.69) is 37.5 Å². The zero-order valence-electron chi connectivity index (χ0n) is 18.0. The van der Waals surface area contributed by atoms with E-state index in [1.54, 1.807) is 0 Å². The van der Waals surface area contributed by atoms with Crippen LogP contribution in [0.4, 0.5) is 0 Å². The second-order valence-corrected chi connectivity index (χ2v) is 9.45. The molecule has 0 saturated carbocycles. The molecule has 2 aromatic rings. The van der Waals surface area contributed by atoms with Crippen molar-refractivity contribution in [2.75, 3.05) is 19.8 Å². The predicted molar refractivity (Wildman–Crippen MR) is 118 cm³/mol. The van der Waals surface area contributed by atoms with Gasteiger partial charge >= 0.3 is 7.60 Å². The van der Waals surface area contributed by atoms with Crippen molar-refractivity contribution in [2.24, 2.45) is 0 Å². The van der Waals surface area contributed by atoms with Crippen molar-refractivity contribution in [1.82, 2.24) is 5.48 Å². The highest BCUT2D eigenvalue weighted by Gasteiger charge is 2.35. The first-order chi connectivity index (χ1) is 14.0. The molecule has 29 heavy (non-hydrogen) atoms. The van der Waals surface area contributed by atoms with E-state index in [9.17, 15) is 4.57 Å². The lowest BCUT2D eigenvalue weighted by molar-refractivity contribution is 0.0270. The second kappa shape index (κ2) is 12.3. The number of nitrogens with one attached hydrogen (secondary N) is 1. The van der Waals surface area contributed by atoms with Gasteiger partial charge in [-0.2, -0.15) is 0 Å². The van der Waals surface area contributed by atoms with Crippen LogP contribution in [0.3, 0.4) is 0 Å². The van der Waals surface area contributed by atoms with Crippen molar-refractivity contribution in [3.63, 3.8) is 0 Å². The summed E-state index contributed by atoms with van der Waals surface area (Å²) in [5, 5.41) is 0. The maximum atomic E-state index is 13.5. The fourth-order valence-corrected chi connectivity index (χ4v) is 5.34. The van der Waals surface area contributed by atoms with E-state index in [1.807, 2.05) is 44.2 Å². The molecule has 1 atom stereocenters. The van der Waals surface area contributed by atoms with Crippen molar-refractivity contribution < 1.29 is 18.5 Å². The van der Waals surface area contributed by atoms with Crippen LogP contribution in [-0.2, 0) is 31.5 Å². The largest absolute Gasteiger partial charge is 0.334 e. The molecule has 0 heterocycles. The monoisotopic (exact) mass is 419 g/mol. The number of hydroxylamine groups is 1. The molecular weight excluding hydrogens is 385 g/mol. The molecule has 0 fully saturated rings. The van der Waals surface area contributed by atoms with Crippen molar-refractivity contribution in [2.45, 2.75) is 52.8 Å². The molecule has 0 amide bonds. The van der Waals surface area contributed by atoms with E-state index in [4.69, 9.17) is 13.9 Å². The summed E-state index contributed by atoms with van der Waals surface area (Å²) in [6, 6.07) is 16.3. The van der Waals surface area contributed by atoms with Crippen LogP contribution in [0.2, 0.25) is 0 Å². The molecule has 160 valence electrons. The van der Waals surface area contributed by atoms with Crippen molar-refractivity contribution in [1.29, 1.82) is 0 Å². The molecule has 0 bridgehead atoms. The molecule has 2 rings (SSSR count). The molecular formula is C23H34NO4P. The Morgan fingerprint density at radius 3 is 2.34 bits per heavy atom. The van der Waals surface area contributed by atoms with Crippen LogP contribution in [0.1, 0.15) is 42.5 Å². The standard InChI is InChI=1S/C23H34NO4P/c1-5-27-29(25,28-6-2)23(17-22-16-19(3)12-13-20(22)4)14-15-24-26-18-21-10-8-7-9-11-21/h7-13,16,23-24H,5-6,14-15,17-18H2,1-4H3. The highest BCUT2D eigenvalue weighted by molar-refractivity contribution is 7.54. The highest BCUT2D eigenvalue weighted by atomic mass is 31.2. The Kier molecular flexibility index (Phi) is 10.1. The zero-order chi connectivity index (χ0) is 21.1. The van der Waals surface area contributed by atoms with E-state index in [0.29, 0.717) is 39.2 Å². The quantitative estimate of drug-likeness (QED) is 0.260. The first-order valence-electron chi connectivity index (χ1n) is 10.3. The van der Waals surface area contributed by atoms with Gasteiger partial charge in [0.2, 0.25) is 0 Å². The normalized spacial score (nSPS) is 12.8. The molecule has 0 radical (unpaired) electrons. The third kappa shape index (κ3) is 7.69. The second-order valence-electron chi connectivity index (χ2n) is 7.12. The molecule has 1 unspecified atom stereocenters. The molecule has 0 aliphatic heterocycles. The summed E-state index contributed by atoms with van der Waals surface area (Å²) < 4.78 is 24.8. The number of benzene rings is 2. The zero-order valence-corrected chi connectivity index (χ0v) is 18.9. The molecule has 6 heteroatoms. The topological polar surface area (TPSA) is 56.8 Å². The van der Waals surface area contributed by atoms with Gasteiger partial charge in [0.25, 0.3) is 0 Å². The minimum absolute atomic E-state index is 0.240. The molecule has 0 spiro atoms. The smallest absolute Gasteiger partial charge is 0.309 e. The minimum Gasteiger partial charge on any atom is -0.309 e.